The Bertz CT molecular complexity index is 947. The number of carboxylic acid groups (broad SMARTS) is 2. The monoisotopic (exact) mass is 424 g/mol. The molecule has 1 fully saturated rings. The van der Waals surface area contributed by atoms with Gasteiger partial charge in [-0.1, -0.05) is 12.1 Å². The molecule has 0 spiro atoms. The normalized spacial score (nSPS) is 12.9. The summed E-state index contributed by atoms with van der Waals surface area (Å²) in [5.41, 5.74) is 10.8. The van der Waals surface area contributed by atoms with Crippen molar-refractivity contribution in [2.75, 3.05) is 5.32 Å². The highest BCUT2D eigenvalue weighted by atomic mass is 19.4. The van der Waals surface area contributed by atoms with Crippen molar-refractivity contribution in [3.63, 3.8) is 0 Å². The summed E-state index contributed by atoms with van der Waals surface area (Å²) in [6.45, 7) is 0. The number of nitrogens with one attached hydrogen (secondary N) is 1. The van der Waals surface area contributed by atoms with Gasteiger partial charge < -0.3 is 27.0 Å². The average molecular weight is 424 g/mol. The first kappa shape index (κ1) is 22.5. The molecule has 0 saturated heterocycles. The maximum Gasteiger partial charge on any atom is 0.503 e. The summed E-state index contributed by atoms with van der Waals surface area (Å²) in [5, 5.41) is 16.5. The number of nitrogens with two attached hydrogens (primary N) is 2. The molecule has 3 rings (SSSR count). The molecule has 0 aromatic heterocycles. The van der Waals surface area contributed by atoms with Crippen LogP contribution in [0.2, 0.25) is 0 Å². The second-order valence-corrected chi connectivity index (χ2v) is 6.44. The Balaban J connectivity index is 0.000000735. The van der Waals surface area contributed by atoms with E-state index in [4.69, 9.17) is 26.5 Å². The Kier molecular flexibility index (Phi) is 6.88. The van der Waals surface area contributed by atoms with Gasteiger partial charge >= 0.3 is 12.3 Å². The van der Waals surface area contributed by atoms with E-state index in [9.17, 15) is 18.0 Å². The molecule has 1 aliphatic carbocycles. The quantitative estimate of drug-likeness (QED) is 0.370. The standard InChI is InChI=1S/C18H17F3N4O.CH2O3/c19-18(20,21)13-7-12(8-15(9-13)25-17(22)23)16(26)24-14-5-3-11(4-6-14)10-1-2-10;2-1(3)4/h3-10H,1-2H2,(H,24,26)(H4,22,23,25);(H2,2,3,4). The highest BCUT2D eigenvalue weighted by Crippen LogP contribution is 2.40. The Morgan fingerprint density at radius 3 is 2.07 bits per heavy atom. The number of guanidine groups is 1. The third-order valence-electron chi connectivity index (χ3n) is 3.98. The lowest BCUT2D eigenvalue weighted by atomic mass is 10.1. The van der Waals surface area contributed by atoms with Gasteiger partial charge in [0, 0.05) is 11.3 Å². The molecule has 0 heterocycles. The van der Waals surface area contributed by atoms with Gasteiger partial charge in [0.25, 0.3) is 5.91 Å². The van der Waals surface area contributed by atoms with Gasteiger partial charge in [0.15, 0.2) is 5.96 Å². The van der Waals surface area contributed by atoms with Crippen LogP contribution in [0.25, 0.3) is 0 Å². The van der Waals surface area contributed by atoms with Crippen molar-refractivity contribution in [2.45, 2.75) is 24.9 Å². The zero-order valence-electron chi connectivity index (χ0n) is 15.5. The van der Waals surface area contributed by atoms with E-state index in [0.717, 1.165) is 25.0 Å². The number of anilines is 1. The molecule has 2 aromatic carbocycles. The number of carbonyl (C=O) groups is 2. The van der Waals surface area contributed by atoms with Gasteiger partial charge in [-0.15, -0.1) is 0 Å². The van der Waals surface area contributed by atoms with Crippen molar-refractivity contribution in [1.29, 1.82) is 0 Å². The SMILES string of the molecule is NC(N)=Nc1cc(C(=O)Nc2ccc(C3CC3)cc2)cc(C(F)(F)F)c1.O=C(O)O. The molecular weight excluding hydrogens is 405 g/mol. The third-order valence-corrected chi connectivity index (χ3v) is 3.98. The summed E-state index contributed by atoms with van der Waals surface area (Å²) in [6.07, 6.45) is -4.15. The topological polar surface area (TPSA) is 151 Å². The van der Waals surface area contributed by atoms with E-state index in [2.05, 4.69) is 10.3 Å². The molecule has 0 bridgehead atoms. The number of carbonyl (C=O) groups excluding carboxylic acids is 1. The van der Waals surface area contributed by atoms with E-state index in [1.807, 2.05) is 12.1 Å². The predicted octanol–water partition coefficient (Wildman–Crippen LogP) is 3.96. The van der Waals surface area contributed by atoms with Crippen molar-refractivity contribution in [3.8, 4) is 0 Å². The molecular formula is C19H19F3N4O4. The fourth-order valence-corrected chi connectivity index (χ4v) is 2.58. The van der Waals surface area contributed by atoms with Gasteiger partial charge in [-0.25, -0.2) is 9.79 Å². The molecule has 160 valence electrons. The lowest BCUT2D eigenvalue weighted by Crippen LogP contribution is -2.22. The molecule has 2 aromatic rings. The molecule has 30 heavy (non-hydrogen) atoms. The van der Waals surface area contributed by atoms with Gasteiger partial charge in [0.05, 0.1) is 11.3 Å². The predicted molar refractivity (Wildman–Crippen MR) is 104 cm³/mol. The summed E-state index contributed by atoms with van der Waals surface area (Å²) >= 11 is 0. The number of alkyl halides is 3. The number of amides is 1. The first-order valence-electron chi connectivity index (χ1n) is 8.61. The van der Waals surface area contributed by atoms with Crippen molar-refractivity contribution >= 4 is 29.4 Å². The van der Waals surface area contributed by atoms with Gasteiger partial charge in [0.1, 0.15) is 0 Å². The van der Waals surface area contributed by atoms with E-state index < -0.39 is 29.8 Å². The minimum Gasteiger partial charge on any atom is -0.450 e. The van der Waals surface area contributed by atoms with Gasteiger partial charge in [-0.05, 0) is 54.7 Å². The largest absolute Gasteiger partial charge is 0.503 e. The molecule has 0 unspecified atom stereocenters. The van der Waals surface area contributed by atoms with E-state index >= 15 is 0 Å². The Morgan fingerprint density at radius 2 is 1.60 bits per heavy atom. The van der Waals surface area contributed by atoms with Crippen LogP contribution in [0.1, 0.15) is 40.2 Å². The number of hydrogen-bond acceptors (Lipinski definition) is 3. The van der Waals surface area contributed by atoms with E-state index in [1.165, 1.54) is 11.6 Å². The first-order valence-corrected chi connectivity index (χ1v) is 8.61. The van der Waals surface area contributed by atoms with E-state index in [1.54, 1.807) is 12.1 Å². The Morgan fingerprint density at radius 1 is 1.03 bits per heavy atom. The summed E-state index contributed by atoms with van der Waals surface area (Å²) in [6, 6.07) is 10.0. The molecule has 7 N–H and O–H groups in total. The molecule has 8 nitrogen and oxygen atoms in total. The van der Waals surface area contributed by atoms with Crippen LogP contribution in [0, 0.1) is 0 Å². The molecule has 1 amide bonds. The summed E-state index contributed by atoms with van der Waals surface area (Å²) in [7, 11) is 0. The maximum atomic E-state index is 13.1. The number of nitrogens with zero attached hydrogens (tertiary/aromatic N) is 1. The average Bonchev–Trinajstić information content (AvgIpc) is 3.45. The van der Waals surface area contributed by atoms with Crippen molar-refractivity contribution in [2.24, 2.45) is 16.5 Å². The zero-order valence-corrected chi connectivity index (χ0v) is 15.5. The van der Waals surface area contributed by atoms with Crippen molar-refractivity contribution in [3.05, 3.63) is 59.2 Å². The fraction of sp³-hybridized carbons (Fsp3) is 0.211. The number of benzene rings is 2. The van der Waals surface area contributed by atoms with Crippen LogP contribution in [-0.2, 0) is 6.18 Å². The van der Waals surface area contributed by atoms with Crippen LogP contribution in [-0.4, -0.2) is 28.2 Å². The Hall–Kier alpha value is -3.76. The van der Waals surface area contributed by atoms with Crippen LogP contribution in [0.15, 0.2) is 47.5 Å². The van der Waals surface area contributed by atoms with Crippen LogP contribution >= 0.6 is 0 Å². The van der Waals surface area contributed by atoms with Crippen LogP contribution in [0.4, 0.5) is 29.3 Å². The fourth-order valence-electron chi connectivity index (χ4n) is 2.58. The smallest absolute Gasteiger partial charge is 0.450 e. The van der Waals surface area contributed by atoms with Crippen molar-refractivity contribution in [1.82, 2.24) is 0 Å². The summed E-state index contributed by atoms with van der Waals surface area (Å²) < 4.78 is 39.2. The summed E-state index contributed by atoms with van der Waals surface area (Å²) in [5.74, 6) is -0.501. The highest BCUT2D eigenvalue weighted by Gasteiger charge is 2.32. The third kappa shape index (κ3) is 7.00. The minimum atomic E-state index is -4.63. The molecule has 0 atom stereocenters. The van der Waals surface area contributed by atoms with Gasteiger partial charge in [-0.2, -0.15) is 13.2 Å². The number of hydrogen-bond donors (Lipinski definition) is 5. The highest BCUT2D eigenvalue weighted by molar-refractivity contribution is 6.05. The van der Waals surface area contributed by atoms with E-state index in [0.29, 0.717) is 11.6 Å². The van der Waals surface area contributed by atoms with Crippen LogP contribution in [0.5, 0.6) is 0 Å². The van der Waals surface area contributed by atoms with Crippen molar-refractivity contribution < 1.29 is 33.0 Å². The van der Waals surface area contributed by atoms with Crippen LogP contribution in [0.3, 0.4) is 0 Å². The molecule has 11 heteroatoms. The van der Waals surface area contributed by atoms with Gasteiger partial charge in [0.2, 0.25) is 0 Å². The lowest BCUT2D eigenvalue weighted by Gasteiger charge is -2.11. The number of aliphatic imine (C=N–C) groups is 1. The summed E-state index contributed by atoms with van der Waals surface area (Å²) in [4.78, 5) is 24.5. The molecule has 1 saturated carbocycles. The first-order chi connectivity index (χ1) is 14.0. The van der Waals surface area contributed by atoms with Gasteiger partial charge in [-0.3, -0.25) is 4.79 Å². The second kappa shape index (κ2) is 9.16. The lowest BCUT2D eigenvalue weighted by molar-refractivity contribution is -0.137. The molecule has 0 aliphatic heterocycles. The second-order valence-electron chi connectivity index (χ2n) is 6.44. The zero-order chi connectivity index (χ0) is 22.5. The molecule has 0 radical (unpaired) electrons. The van der Waals surface area contributed by atoms with E-state index in [-0.39, 0.29) is 11.3 Å². The minimum absolute atomic E-state index is 0.144. The van der Waals surface area contributed by atoms with Crippen LogP contribution < -0.4 is 16.8 Å². The maximum absolute atomic E-state index is 13.1. The number of rotatable bonds is 4. The molecule has 1 aliphatic rings. The Labute approximate surface area is 169 Å². The number of halogens is 3.